The molecule has 0 aliphatic carbocycles. The topological polar surface area (TPSA) is 38.4 Å². The van der Waals surface area contributed by atoms with E-state index in [1.165, 1.54) is 6.34 Å². The number of nitrogens with two attached hydrogens (primary N) is 1. The van der Waals surface area contributed by atoms with E-state index in [1.807, 2.05) is 36.4 Å². The lowest BCUT2D eigenvalue weighted by Crippen LogP contribution is -1.87. The van der Waals surface area contributed by atoms with Gasteiger partial charge in [-0.05, 0) is 18.2 Å². The molecule has 2 aromatic carbocycles. The van der Waals surface area contributed by atoms with E-state index in [1.54, 1.807) is 6.07 Å². The minimum atomic E-state index is 0.598. The van der Waals surface area contributed by atoms with Crippen molar-refractivity contribution in [2.24, 2.45) is 10.7 Å². The highest BCUT2D eigenvalue weighted by Gasteiger charge is 2.07. The second-order valence-corrected chi connectivity index (χ2v) is 4.24. The van der Waals surface area contributed by atoms with Gasteiger partial charge < -0.3 is 5.73 Å². The van der Waals surface area contributed by atoms with Gasteiger partial charge in [0.2, 0.25) is 0 Å². The van der Waals surface area contributed by atoms with Gasteiger partial charge in [0.15, 0.2) is 0 Å². The molecule has 0 spiro atoms. The Morgan fingerprint density at radius 3 is 2.29 bits per heavy atom. The van der Waals surface area contributed by atoms with E-state index in [2.05, 4.69) is 4.99 Å². The highest BCUT2D eigenvalue weighted by molar-refractivity contribution is 6.36. The lowest BCUT2D eigenvalue weighted by atomic mass is 10.1. The van der Waals surface area contributed by atoms with Crippen LogP contribution in [0.5, 0.6) is 0 Å². The van der Waals surface area contributed by atoms with E-state index in [9.17, 15) is 0 Å². The molecule has 0 aliphatic heterocycles. The molecule has 2 rings (SSSR count). The molecule has 17 heavy (non-hydrogen) atoms. The molecule has 2 nitrogen and oxygen atoms in total. The van der Waals surface area contributed by atoms with Gasteiger partial charge in [-0.1, -0.05) is 47.5 Å². The van der Waals surface area contributed by atoms with Crippen LogP contribution in [0.3, 0.4) is 0 Å². The lowest BCUT2D eigenvalue weighted by molar-refractivity contribution is 1.51. The fourth-order valence-electron chi connectivity index (χ4n) is 1.57. The second kappa shape index (κ2) is 5.21. The van der Waals surface area contributed by atoms with E-state index in [-0.39, 0.29) is 0 Å². The van der Waals surface area contributed by atoms with Gasteiger partial charge in [0.25, 0.3) is 0 Å². The quantitative estimate of drug-likeness (QED) is 0.638. The molecule has 0 amide bonds. The first-order valence-electron chi connectivity index (χ1n) is 5.01. The highest BCUT2D eigenvalue weighted by Crippen LogP contribution is 2.34. The van der Waals surface area contributed by atoms with Gasteiger partial charge in [0.1, 0.15) is 0 Å². The molecule has 86 valence electrons. The van der Waals surface area contributed by atoms with Crippen LogP contribution in [0.15, 0.2) is 47.5 Å². The second-order valence-electron chi connectivity index (χ2n) is 3.42. The molecular formula is C13H10Cl2N2. The zero-order valence-corrected chi connectivity index (χ0v) is 10.4. The van der Waals surface area contributed by atoms with Crippen molar-refractivity contribution in [1.82, 2.24) is 0 Å². The third-order valence-electron chi connectivity index (χ3n) is 2.34. The van der Waals surface area contributed by atoms with Gasteiger partial charge in [-0.3, -0.25) is 0 Å². The van der Waals surface area contributed by atoms with Crippen molar-refractivity contribution in [1.29, 1.82) is 0 Å². The first kappa shape index (κ1) is 12.0. The third kappa shape index (κ3) is 2.60. The van der Waals surface area contributed by atoms with Crippen molar-refractivity contribution in [2.75, 3.05) is 0 Å². The van der Waals surface area contributed by atoms with Gasteiger partial charge in [0.05, 0.1) is 17.0 Å². The maximum Gasteiger partial charge on any atom is 0.0860 e. The number of benzene rings is 2. The van der Waals surface area contributed by atoms with Crippen molar-refractivity contribution in [2.45, 2.75) is 0 Å². The Balaban J connectivity index is 2.51. The van der Waals surface area contributed by atoms with E-state index in [0.29, 0.717) is 15.7 Å². The fraction of sp³-hybridized carbons (Fsp3) is 0. The molecule has 4 heteroatoms. The predicted molar refractivity (Wildman–Crippen MR) is 74.2 cm³/mol. The normalized spacial score (nSPS) is 10.9. The Kier molecular flexibility index (Phi) is 3.67. The summed E-state index contributed by atoms with van der Waals surface area (Å²) >= 11 is 12.3. The number of nitrogens with zero attached hydrogens (tertiary/aromatic N) is 1. The number of hydrogen-bond acceptors (Lipinski definition) is 1. The Labute approximate surface area is 110 Å². The molecule has 2 aromatic rings. The van der Waals surface area contributed by atoms with Gasteiger partial charge in [0, 0.05) is 16.1 Å². The predicted octanol–water partition coefficient (Wildman–Crippen LogP) is 4.28. The van der Waals surface area contributed by atoms with E-state index < -0.39 is 0 Å². The molecule has 0 atom stereocenters. The van der Waals surface area contributed by atoms with Crippen LogP contribution in [0.4, 0.5) is 5.69 Å². The average Bonchev–Trinajstić information content (AvgIpc) is 2.31. The van der Waals surface area contributed by atoms with Crippen LogP contribution in [0.1, 0.15) is 0 Å². The minimum Gasteiger partial charge on any atom is -0.390 e. The minimum absolute atomic E-state index is 0.598. The van der Waals surface area contributed by atoms with Crippen LogP contribution >= 0.6 is 23.2 Å². The highest BCUT2D eigenvalue weighted by atomic mass is 35.5. The molecule has 0 radical (unpaired) electrons. The number of aliphatic imine (C=N–C) groups is 1. The SMILES string of the molecule is NC=Nc1ccc(-c2ccccc2Cl)c(Cl)c1. The van der Waals surface area contributed by atoms with Crippen LogP contribution in [-0.2, 0) is 0 Å². The first-order valence-corrected chi connectivity index (χ1v) is 5.76. The maximum absolute atomic E-state index is 6.20. The summed E-state index contributed by atoms with van der Waals surface area (Å²) in [4.78, 5) is 3.96. The van der Waals surface area contributed by atoms with Crippen LogP contribution in [0, 0.1) is 0 Å². The zero-order chi connectivity index (χ0) is 12.3. The molecule has 0 unspecified atom stereocenters. The fourth-order valence-corrected chi connectivity index (χ4v) is 2.08. The van der Waals surface area contributed by atoms with Crippen molar-refractivity contribution in [3.8, 4) is 11.1 Å². The molecule has 0 heterocycles. The summed E-state index contributed by atoms with van der Waals surface area (Å²) in [5, 5.41) is 1.27. The van der Waals surface area contributed by atoms with Gasteiger partial charge in [-0.2, -0.15) is 0 Å². The maximum atomic E-state index is 6.20. The lowest BCUT2D eigenvalue weighted by Gasteiger charge is -2.07. The van der Waals surface area contributed by atoms with Gasteiger partial charge in [-0.15, -0.1) is 0 Å². The zero-order valence-electron chi connectivity index (χ0n) is 8.90. The number of rotatable bonds is 2. The molecule has 2 N–H and O–H groups in total. The Morgan fingerprint density at radius 1 is 0.941 bits per heavy atom. The van der Waals surface area contributed by atoms with Gasteiger partial charge in [-0.25, -0.2) is 4.99 Å². The Hall–Kier alpha value is -1.51. The molecule has 0 bridgehead atoms. The number of hydrogen-bond donors (Lipinski definition) is 1. The van der Waals surface area contributed by atoms with Crippen molar-refractivity contribution in [3.05, 3.63) is 52.5 Å². The summed E-state index contributed by atoms with van der Waals surface area (Å²) < 4.78 is 0. The standard InChI is InChI=1S/C13H10Cl2N2/c14-12-4-2-1-3-10(12)11-6-5-9(17-8-16)7-13(11)15/h1-8H,(H2,16,17). The summed E-state index contributed by atoms with van der Waals surface area (Å²) in [7, 11) is 0. The summed E-state index contributed by atoms with van der Waals surface area (Å²) in [6.45, 7) is 0. The largest absolute Gasteiger partial charge is 0.390 e. The average molecular weight is 265 g/mol. The van der Waals surface area contributed by atoms with E-state index in [0.717, 1.165) is 11.1 Å². The summed E-state index contributed by atoms with van der Waals surface area (Å²) in [6, 6.07) is 13.0. The smallest absolute Gasteiger partial charge is 0.0860 e. The summed E-state index contributed by atoms with van der Waals surface area (Å²) in [5.74, 6) is 0. The summed E-state index contributed by atoms with van der Waals surface area (Å²) in [5.41, 5.74) is 7.73. The van der Waals surface area contributed by atoms with Crippen LogP contribution in [0.25, 0.3) is 11.1 Å². The molecular weight excluding hydrogens is 255 g/mol. The van der Waals surface area contributed by atoms with E-state index >= 15 is 0 Å². The van der Waals surface area contributed by atoms with Gasteiger partial charge >= 0.3 is 0 Å². The van der Waals surface area contributed by atoms with Crippen molar-refractivity contribution in [3.63, 3.8) is 0 Å². The molecule has 0 aliphatic rings. The Morgan fingerprint density at radius 2 is 1.65 bits per heavy atom. The van der Waals surface area contributed by atoms with Crippen LogP contribution in [-0.4, -0.2) is 6.34 Å². The Bertz CT molecular complexity index is 565. The monoisotopic (exact) mass is 264 g/mol. The molecule has 0 saturated carbocycles. The molecule has 0 saturated heterocycles. The van der Waals surface area contributed by atoms with E-state index in [4.69, 9.17) is 28.9 Å². The van der Waals surface area contributed by atoms with Crippen LogP contribution < -0.4 is 5.73 Å². The third-order valence-corrected chi connectivity index (χ3v) is 2.98. The first-order chi connectivity index (χ1) is 8.22. The molecule has 0 aromatic heterocycles. The number of halogens is 2. The van der Waals surface area contributed by atoms with Crippen LogP contribution in [0.2, 0.25) is 10.0 Å². The summed E-state index contributed by atoms with van der Waals surface area (Å²) in [6.07, 6.45) is 1.24. The van der Waals surface area contributed by atoms with Crippen molar-refractivity contribution >= 4 is 35.2 Å². The van der Waals surface area contributed by atoms with Crippen molar-refractivity contribution < 1.29 is 0 Å². The molecule has 0 fully saturated rings.